The lowest BCUT2D eigenvalue weighted by molar-refractivity contribution is -0.152. The van der Waals surface area contributed by atoms with Crippen LogP contribution < -0.4 is 10.1 Å². The van der Waals surface area contributed by atoms with E-state index >= 15 is 0 Å². The molecule has 0 aliphatic rings. The number of allylic oxidation sites excluding steroid dienone is 1. The van der Waals surface area contributed by atoms with Gasteiger partial charge in [0.1, 0.15) is 17.6 Å². The van der Waals surface area contributed by atoms with Crippen LogP contribution in [-0.2, 0) is 30.4 Å². The summed E-state index contributed by atoms with van der Waals surface area (Å²) in [4.78, 5) is 61.0. The molecule has 0 saturated carbocycles. The summed E-state index contributed by atoms with van der Waals surface area (Å²) in [6.07, 6.45) is 12.8. The molecule has 0 unspecified atom stereocenters. The Hall–Kier alpha value is -4.47. The van der Waals surface area contributed by atoms with Crippen LogP contribution in [-0.4, -0.2) is 58.1 Å². The monoisotopic (exact) mass is 665 g/mol. The van der Waals surface area contributed by atoms with Crippen LogP contribution in [0.5, 0.6) is 5.75 Å². The molecular formula is C38H51NO9. The number of Topliss-reactive ketones (excluding diaryl/α,β-unsaturated/α-hetero) is 1. The molecule has 0 aliphatic heterocycles. The molecule has 0 aromatic heterocycles. The van der Waals surface area contributed by atoms with E-state index in [1.165, 1.54) is 25.3 Å². The van der Waals surface area contributed by atoms with E-state index < -0.39 is 48.1 Å². The molecule has 3 atom stereocenters. The van der Waals surface area contributed by atoms with Crippen molar-refractivity contribution in [1.82, 2.24) is 5.32 Å². The summed E-state index contributed by atoms with van der Waals surface area (Å²) < 4.78 is 5.27. The first kappa shape index (κ1) is 39.7. The number of carboxylic acid groups (broad SMARTS) is 3. The number of nitrogens with one attached hydrogen (secondary N) is 1. The highest BCUT2D eigenvalue weighted by atomic mass is 16.5. The Labute approximate surface area is 283 Å². The molecule has 0 fully saturated rings. The lowest BCUT2D eigenvalue weighted by Crippen LogP contribution is -2.47. The fourth-order valence-electron chi connectivity index (χ4n) is 5.53. The van der Waals surface area contributed by atoms with Gasteiger partial charge >= 0.3 is 17.9 Å². The Morgan fingerprint density at radius 1 is 0.792 bits per heavy atom. The number of ketones is 1. The standard InChI is InChI=1S/C38H51NO9/c1-3-4-5-8-11-16-30(40)17-12-9-6-7-10-13-19-32(33(37(44)45)26-35(41)42)36(43)39-34(38(46)47)24-27-20-22-28(23-21-27)29-15-14-18-31(25-29)48-2/h13-15,18-23,25,32-34H,3-12,16-17,24,26H2,1-2H3,(H,39,43)(H,41,42)(H,44,45)(H,46,47)/b19-13+/t32-,33+,34-/m0/s1. The van der Waals surface area contributed by atoms with E-state index in [1.54, 1.807) is 25.3 Å². The minimum atomic E-state index is -1.58. The van der Waals surface area contributed by atoms with Crippen molar-refractivity contribution in [3.05, 3.63) is 66.2 Å². The molecule has 48 heavy (non-hydrogen) atoms. The zero-order valence-electron chi connectivity index (χ0n) is 28.2. The Bertz CT molecular complexity index is 1350. The SMILES string of the molecule is CCCCCCCC(=O)CCCCCC/C=C/[C@H](C(=O)N[C@@H](Cc1ccc(-c2cccc(OC)c2)cc1)C(=O)O)[C@@H](CC(=O)O)C(=O)O. The smallest absolute Gasteiger partial charge is 0.326 e. The number of rotatable bonds is 25. The van der Waals surface area contributed by atoms with Gasteiger partial charge in [0, 0.05) is 19.3 Å². The quantitative estimate of drug-likeness (QED) is 0.0639. The molecule has 2 aromatic carbocycles. The molecule has 1 amide bonds. The average molecular weight is 666 g/mol. The van der Waals surface area contributed by atoms with Gasteiger partial charge in [-0.15, -0.1) is 0 Å². The van der Waals surface area contributed by atoms with Crippen molar-refractivity contribution in [2.45, 2.75) is 103 Å². The van der Waals surface area contributed by atoms with Crippen LogP contribution >= 0.6 is 0 Å². The number of methoxy groups -OCH3 is 1. The van der Waals surface area contributed by atoms with Gasteiger partial charge in [0.2, 0.25) is 5.91 Å². The van der Waals surface area contributed by atoms with E-state index in [0.717, 1.165) is 49.7 Å². The maximum absolute atomic E-state index is 13.3. The summed E-state index contributed by atoms with van der Waals surface area (Å²) >= 11 is 0. The second-order valence-corrected chi connectivity index (χ2v) is 12.2. The zero-order chi connectivity index (χ0) is 35.3. The molecule has 0 bridgehead atoms. The molecule has 10 nitrogen and oxygen atoms in total. The zero-order valence-corrected chi connectivity index (χ0v) is 28.2. The average Bonchev–Trinajstić information content (AvgIpc) is 3.06. The lowest BCUT2D eigenvalue weighted by Gasteiger charge is -2.22. The van der Waals surface area contributed by atoms with Crippen LogP contribution in [0.15, 0.2) is 60.7 Å². The molecule has 0 radical (unpaired) electrons. The van der Waals surface area contributed by atoms with Crippen molar-refractivity contribution in [3.63, 3.8) is 0 Å². The second-order valence-electron chi connectivity index (χ2n) is 12.2. The Kier molecular flexibility index (Phi) is 18.3. The Morgan fingerprint density at radius 3 is 2.02 bits per heavy atom. The number of hydrogen-bond acceptors (Lipinski definition) is 6. The van der Waals surface area contributed by atoms with Crippen LogP contribution in [0.25, 0.3) is 11.1 Å². The highest BCUT2D eigenvalue weighted by Gasteiger charge is 2.35. The van der Waals surface area contributed by atoms with Crippen molar-refractivity contribution in [2.24, 2.45) is 11.8 Å². The summed E-state index contributed by atoms with van der Waals surface area (Å²) in [7, 11) is 1.58. The molecule has 10 heteroatoms. The summed E-state index contributed by atoms with van der Waals surface area (Å²) in [5.41, 5.74) is 2.43. The van der Waals surface area contributed by atoms with Gasteiger partial charge in [0.25, 0.3) is 0 Å². The van der Waals surface area contributed by atoms with Crippen molar-refractivity contribution in [2.75, 3.05) is 7.11 Å². The highest BCUT2D eigenvalue weighted by Crippen LogP contribution is 2.25. The molecule has 0 spiro atoms. The number of ether oxygens (including phenoxy) is 1. The predicted molar refractivity (Wildman–Crippen MR) is 184 cm³/mol. The van der Waals surface area contributed by atoms with Crippen molar-refractivity contribution in [3.8, 4) is 16.9 Å². The number of amides is 1. The third-order valence-corrected chi connectivity index (χ3v) is 8.34. The number of carbonyl (C=O) groups excluding carboxylic acids is 2. The van der Waals surface area contributed by atoms with Crippen LogP contribution in [0.2, 0.25) is 0 Å². The van der Waals surface area contributed by atoms with E-state index in [0.29, 0.717) is 36.4 Å². The molecule has 0 saturated heterocycles. The molecule has 0 heterocycles. The van der Waals surface area contributed by atoms with Gasteiger partial charge in [0.15, 0.2) is 0 Å². The van der Waals surface area contributed by atoms with Crippen LogP contribution in [0.4, 0.5) is 0 Å². The molecule has 4 N–H and O–H groups in total. The van der Waals surface area contributed by atoms with Crippen LogP contribution in [0.1, 0.15) is 96.0 Å². The van der Waals surface area contributed by atoms with Crippen molar-refractivity contribution < 1.29 is 44.0 Å². The number of carbonyl (C=O) groups is 5. The van der Waals surface area contributed by atoms with E-state index in [4.69, 9.17) is 4.74 Å². The highest BCUT2D eigenvalue weighted by molar-refractivity contribution is 5.91. The number of benzene rings is 2. The normalized spacial score (nSPS) is 13.0. The second kappa shape index (κ2) is 22.2. The number of hydrogen-bond donors (Lipinski definition) is 4. The van der Waals surface area contributed by atoms with Gasteiger partial charge in [-0.3, -0.25) is 19.2 Å². The Balaban J connectivity index is 1.98. The van der Waals surface area contributed by atoms with E-state index in [2.05, 4.69) is 12.2 Å². The van der Waals surface area contributed by atoms with Gasteiger partial charge in [-0.25, -0.2) is 4.79 Å². The maximum atomic E-state index is 13.3. The van der Waals surface area contributed by atoms with Crippen LogP contribution in [0.3, 0.4) is 0 Å². The van der Waals surface area contributed by atoms with Crippen molar-refractivity contribution in [1.29, 1.82) is 0 Å². The van der Waals surface area contributed by atoms with E-state index in [9.17, 15) is 39.3 Å². The summed E-state index contributed by atoms with van der Waals surface area (Å²) in [6.45, 7) is 2.16. The lowest BCUT2D eigenvalue weighted by atomic mass is 9.87. The molecule has 2 aromatic rings. The third-order valence-electron chi connectivity index (χ3n) is 8.34. The van der Waals surface area contributed by atoms with E-state index in [-0.39, 0.29) is 6.42 Å². The number of aliphatic carboxylic acids is 3. The molecular weight excluding hydrogens is 614 g/mol. The fraction of sp³-hybridized carbons (Fsp3) is 0.500. The maximum Gasteiger partial charge on any atom is 0.326 e. The topological polar surface area (TPSA) is 167 Å². The first-order chi connectivity index (χ1) is 23.0. The first-order valence-electron chi connectivity index (χ1n) is 16.9. The Morgan fingerprint density at radius 2 is 1.44 bits per heavy atom. The van der Waals surface area contributed by atoms with Crippen LogP contribution in [0, 0.1) is 11.8 Å². The molecule has 2 rings (SSSR count). The summed E-state index contributed by atoms with van der Waals surface area (Å²) in [5.74, 6) is -6.98. The van der Waals surface area contributed by atoms with Crippen molar-refractivity contribution >= 4 is 29.6 Å². The van der Waals surface area contributed by atoms with Gasteiger partial charge in [-0.1, -0.05) is 94.0 Å². The summed E-state index contributed by atoms with van der Waals surface area (Å²) in [5, 5.41) is 31.5. The van der Waals surface area contributed by atoms with Gasteiger partial charge in [0.05, 0.1) is 25.4 Å². The fourth-order valence-corrected chi connectivity index (χ4v) is 5.53. The van der Waals surface area contributed by atoms with Gasteiger partial charge in [-0.05, 0) is 54.5 Å². The minimum Gasteiger partial charge on any atom is -0.497 e. The molecule has 262 valence electrons. The van der Waals surface area contributed by atoms with Gasteiger partial charge in [-0.2, -0.15) is 0 Å². The number of carboxylic acids is 3. The third kappa shape index (κ3) is 15.0. The predicted octanol–water partition coefficient (Wildman–Crippen LogP) is 7.09. The van der Waals surface area contributed by atoms with E-state index in [1.807, 2.05) is 36.4 Å². The first-order valence-corrected chi connectivity index (χ1v) is 16.9. The number of unbranched alkanes of at least 4 members (excludes halogenated alkanes) is 8. The molecule has 0 aliphatic carbocycles. The minimum absolute atomic E-state index is 0.0616. The largest absolute Gasteiger partial charge is 0.497 e. The summed E-state index contributed by atoms with van der Waals surface area (Å²) in [6, 6.07) is 13.3. The van der Waals surface area contributed by atoms with Gasteiger partial charge < -0.3 is 25.4 Å².